The summed E-state index contributed by atoms with van der Waals surface area (Å²) in [5, 5.41) is 5.55. The van der Waals surface area contributed by atoms with Gasteiger partial charge < -0.3 is 13.3 Å². The molecule has 0 N–H and O–H groups in total. The summed E-state index contributed by atoms with van der Waals surface area (Å²) in [4.78, 5) is 0. The van der Waals surface area contributed by atoms with Crippen molar-refractivity contribution >= 4 is 62.9 Å². The second-order valence-electron chi connectivity index (χ2n) is 13.7. The second-order valence-corrected chi connectivity index (χ2v) is 15.6. The van der Waals surface area contributed by atoms with Crippen LogP contribution in [-0.4, -0.2) is 13.1 Å². The van der Waals surface area contributed by atoms with Crippen LogP contribution in [0.3, 0.4) is 0 Å². The summed E-state index contributed by atoms with van der Waals surface area (Å²) >= 11 is 0. The van der Waals surface area contributed by atoms with Crippen LogP contribution < -0.4 is 9.93 Å². The molecule has 0 atom stereocenters. The fourth-order valence-corrected chi connectivity index (χ4v) is 6.99. The molecule has 0 spiro atoms. The van der Waals surface area contributed by atoms with E-state index in [1.807, 2.05) is 24.3 Å². The Morgan fingerprint density at radius 1 is 0.440 bits per heavy atom. The molecule has 0 aliphatic rings. The summed E-state index contributed by atoms with van der Waals surface area (Å²) in [6, 6.07) is 16.8. The first-order valence-corrected chi connectivity index (χ1v) is 20.4. The molecule has 0 bridgehead atoms. The van der Waals surface area contributed by atoms with E-state index < -0.39 is 7.81 Å². The summed E-state index contributed by atoms with van der Waals surface area (Å²) in [5.74, 6) is 0. The quantitative estimate of drug-likeness (QED) is 0.0221. The molecule has 0 saturated heterocycles. The minimum atomic E-state index is -10.7. The van der Waals surface area contributed by atoms with E-state index >= 15 is 0 Å². The summed E-state index contributed by atoms with van der Waals surface area (Å²) in [5.41, 5.74) is 5.22. The maximum absolute atomic E-state index is 10.7. The molecule has 4 nitrogen and oxygen atoms in total. The molecule has 50 heavy (non-hydrogen) atoms. The van der Waals surface area contributed by atoms with Gasteiger partial charge in [-0.15, -0.1) is 0 Å². The number of hydrogen-bond acceptors (Lipinski definition) is 3. The van der Waals surface area contributed by atoms with Crippen molar-refractivity contribution in [2.24, 2.45) is 0 Å². The van der Waals surface area contributed by atoms with E-state index in [9.17, 15) is 25.2 Å². The van der Waals surface area contributed by atoms with Gasteiger partial charge in [-0.2, -0.15) is 0 Å². The molecule has 0 amide bonds. The van der Waals surface area contributed by atoms with Gasteiger partial charge >= 0.3 is 33.0 Å². The molecule has 0 unspecified atom stereocenters. The van der Waals surface area contributed by atoms with Crippen LogP contribution >= 0.6 is 7.81 Å². The van der Waals surface area contributed by atoms with Crippen molar-refractivity contribution < 1.29 is 38.4 Å². The Labute approximate surface area is 289 Å². The number of unbranched alkanes of at least 4 members (excludes halogenated alkanes) is 14. The van der Waals surface area contributed by atoms with Gasteiger partial charge in [-0.1, -0.05) is 103 Å². The predicted molar refractivity (Wildman–Crippen MR) is 196 cm³/mol. The molecule has 3 aromatic carbocycles. The van der Waals surface area contributed by atoms with E-state index in [4.69, 9.17) is 13.3 Å². The molecule has 0 aliphatic heterocycles. The average molecular weight is 726 g/mol. The molecule has 276 valence electrons. The third-order valence-electron chi connectivity index (χ3n) is 9.36. The molecule has 0 radical (unpaired) electrons. The maximum atomic E-state index is 9.87. The number of nitrogens with zero attached hydrogens (tertiary/aromatic N) is 1. The SMILES string of the molecule is CCCCCCCCCC[N+](CCCCCCCCCC)=c1cc2oc3cccc4oc5cccc6oc(c1)c2c(c43)c56.F[P-](F)(F)(F)(F)F. The predicted octanol–water partition coefficient (Wildman–Crippen LogP) is 15.1. The Kier molecular flexibility index (Phi) is 11.8. The summed E-state index contributed by atoms with van der Waals surface area (Å²) in [6.45, 7) is 6.74. The first-order valence-electron chi connectivity index (χ1n) is 18.4. The molecule has 11 heteroatoms. The van der Waals surface area contributed by atoms with Gasteiger partial charge in [0.15, 0.2) is 0 Å². The van der Waals surface area contributed by atoms with Gasteiger partial charge in [-0.3, -0.25) is 0 Å². The van der Waals surface area contributed by atoms with Crippen LogP contribution in [0, 0.1) is 0 Å². The fourth-order valence-electron chi connectivity index (χ4n) is 6.99. The van der Waals surface area contributed by atoms with E-state index in [2.05, 4.69) is 42.7 Å². The molecule has 3 heterocycles. The van der Waals surface area contributed by atoms with Crippen LogP contribution in [0.2, 0.25) is 0 Å². The van der Waals surface area contributed by atoms with Gasteiger partial charge in [0.05, 0.1) is 28.3 Å². The zero-order valence-electron chi connectivity index (χ0n) is 29.2. The van der Waals surface area contributed by atoms with Crippen molar-refractivity contribution in [3.05, 3.63) is 53.9 Å². The molecule has 0 aliphatic carbocycles. The van der Waals surface area contributed by atoms with Crippen LogP contribution in [-0.2, 0) is 0 Å². The van der Waals surface area contributed by atoms with E-state index in [0.29, 0.717) is 0 Å². The van der Waals surface area contributed by atoms with Crippen LogP contribution in [0.25, 0.3) is 55.0 Å². The van der Waals surface area contributed by atoms with Crippen molar-refractivity contribution in [3.8, 4) is 0 Å². The molecule has 6 aromatic rings. The zero-order chi connectivity index (χ0) is 35.8. The molecule has 3 aromatic heterocycles. The Morgan fingerprint density at radius 3 is 1.10 bits per heavy atom. The first-order chi connectivity index (χ1) is 23.7. The number of benzene rings is 3. The van der Waals surface area contributed by atoms with Crippen molar-refractivity contribution in [2.45, 2.75) is 117 Å². The number of hydrogen-bond donors (Lipinski definition) is 0. The van der Waals surface area contributed by atoms with Crippen LogP contribution in [0.1, 0.15) is 117 Å². The summed E-state index contributed by atoms with van der Waals surface area (Å²) < 4.78 is 81.3. The third kappa shape index (κ3) is 10.9. The standard InChI is InChI=1S/C39H50NO3.F6P/c1-3-5-7-9-11-13-15-17-25-40(26-18-16-14-12-10-8-6-4-2)29-27-34-38-35(28-29)43-33-24-20-22-31-37(33)39(38)36-30(41-31)21-19-23-32(36)42-34;1-7(2,3,4,5)6/h19-24,27-28H,3-18,25-26H2,1-2H3;/q+1;-1. The minimum absolute atomic E-state index is 0.853. The van der Waals surface area contributed by atoms with Gasteiger partial charge in [-0.05, 0) is 37.1 Å². The molecular formula is C39H50F6NO3P. The number of halogens is 6. The Bertz CT molecular complexity index is 1930. The van der Waals surface area contributed by atoms with Crippen LogP contribution in [0.15, 0.2) is 61.8 Å². The Morgan fingerprint density at radius 2 is 0.740 bits per heavy atom. The summed E-state index contributed by atoms with van der Waals surface area (Å²) in [7, 11) is -10.7. The van der Waals surface area contributed by atoms with Gasteiger partial charge in [0, 0.05) is 18.2 Å². The van der Waals surface area contributed by atoms with E-state index in [0.717, 1.165) is 62.7 Å². The Hall–Kier alpha value is -3.26. The average Bonchev–Trinajstić information content (AvgIpc) is 3.04. The van der Waals surface area contributed by atoms with Crippen molar-refractivity contribution in [1.82, 2.24) is 4.58 Å². The molecule has 6 rings (SSSR count). The van der Waals surface area contributed by atoms with Gasteiger partial charge in [-0.25, -0.2) is 4.58 Å². The van der Waals surface area contributed by atoms with E-state index in [1.165, 1.54) is 113 Å². The van der Waals surface area contributed by atoms with Crippen molar-refractivity contribution in [1.29, 1.82) is 0 Å². The van der Waals surface area contributed by atoms with Gasteiger partial charge in [0.25, 0.3) is 0 Å². The van der Waals surface area contributed by atoms with Crippen LogP contribution in [0.5, 0.6) is 0 Å². The van der Waals surface area contributed by atoms with E-state index in [-0.39, 0.29) is 0 Å². The van der Waals surface area contributed by atoms with E-state index in [1.54, 1.807) is 0 Å². The van der Waals surface area contributed by atoms with Gasteiger partial charge in [0.2, 0.25) is 5.36 Å². The topological polar surface area (TPSA) is 42.4 Å². The Balaban J connectivity index is 0.000000630. The first kappa shape index (κ1) is 38.0. The van der Waals surface area contributed by atoms with Gasteiger partial charge in [0.1, 0.15) is 46.6 Å². The third-order valence-corrected chi connectivity index (χ3v) is 9.36. The second kappa shape index (κ2) is 15.5. The van der Waals surface area contributed by atoms with Crippen molar-refractivity contribution in [2.75, 3.05) is 13.1 Å². The van der Waals surface area contributed by atoms with Crippen molar-refractivity contribution in [3.63, 3.8) is 0 Å². The molecule has 0 fully saturated rings. The summed E-state index contributed by atoms with van der Waals surface area (Å²) in [6.07, 6.45) is 21.4. The van der Waals surface area contributed by atoms with Crippen LogP contribution in [0.4, 0.5) is 25.2 Å². The zero-order valence-corrected chi connectivity index (χ0v) is 30.1. The normalized spacial score (nSPS) is 13.8. The molecular weight excluding hydrogens is 675 g/mol. The fraction of sp³-hybridized carbons (Fsp3) is 0.513. The number of rotatable bonds is 18. The monoisotopic (exact) mass is 725 g/mol. The molecule has 0 saturated carbocycles.